The zero-order valence-corrected chi connectivity index (χ0v) is 96.3. The number of fused-ring (bicyclic) bond motifs is 8. The molecular formula is C115H168BrN11O17Si3. The van der Waals surface area contributed by atoms with Crippen molar-refractivity contribution in [2.24, 2.45) is 11.7 Å². The molecule has 0 bridgehead atoms. The van der Waals surface area contributed by atoms with E-state index in [9.17, 15) is 29.1 Å². The first-order chi connectivity index (χ1) is 69.8. The van der Waals surface area contributed by atoms with Gasteiger partial charge in [-0.15, -0.1) is 0 Å². The molecule has 0 aliphatic carbocycles. The second kappa shape index (κ2) is 51.6. The first-order valence-corrected chi connectivity index (χ1v) is 62.6. The number of aliphatic hydroxyl groups excluding tert-OH is 1. The van der Waals surface area contributed by atoms with Crippen molar-refractivity contribution in [2.75, 3.05) is 112 Å². The minimum Gasteiger partial charge on any atom is -0.452 e. The normalized spacial score (nSPS) is 22.1. The van der Waals surface area contributed by atoms with Gasteiger partial charge in [0.15, 0.2) is 25.0 Å². The van der Waals surface area contributed by atoms with E-state index in [-0.39, 0.29) is 113 Å². The first kappa shape index (κ1) is 116. The van der Waals surface area contributed by atoms with Crippen molar-refractivity contribution in [2.45, 2.75) is 340 Å². The highest BCUT2D eigenvalue weighted by atomic mass is 79.9. The summed E-state index contributed by atoms with van der Waals surface area (Å²) >= 11 is 3.40. The van der Waals surface area contributed by atoms with Crippen LogP contribution in [0.1, 0.15) is 235 Å². The van der Waals surface area contributed by atoms with Gasteiger partial charge in [0.2, 0.25) is 0 Å². The first-order valence-electron chi connectivity index (χ1n) is 53.1. The highest BCUT2D eigenvalue weighted by molar-refractivity contribution is 9.10. The van der Waals surface area contributed by atoms with Crippen LogP contribution in [-0.2, 0) is 107 Å². The third-order valence-electron chi connectivity index (χ3n) is 32.2. The van der Waals surface area contributed by atoms with Crippen molar-refractivity contribution in [3.05, 3.63) is 200 Å². The van der Waals surface area contributed by atoms with E-state index in [2.05, 4.69) is 220 Å². The second-order valence-electron chi connectivity index (χ2n) is 45.5. The number of aromatic nitrogens is 4. The number of halogens is 1. The van der Waals surface area contributed by atoms with Crippen LogP contribution in [0.2, 0.25) is 54.4 Å². The number of hydrogen-bond acceptors (Lipinski definition) is 22. The monoisotopic (exact) mass is 2140 g/mol. The maximum atomic E-state index is 12.7. The SMILES string of the molecule is CC(C)(C)[Si](C)(C)OC[C@@H]1CC[C@@H](N)CO1.COC(=O)N1c2ccc(Br)c(N)c2CC[C@@H]1C.COC(=O)N1c2ccc(C[C@@H]3CC[C@@H](CO[Si](C)(C)C(C)(C)C)OC3)c(N)c2CC[C@@H]1C.COC(=O)N1c2ccc3c(nc(Cc4ccccc4)n3[C@@H]3CC[C@@H](CO)OC3)c2CC[C@@H]1C.COC(=O)N1c2ccc3c(nc(Cc4ccccc4)n3[C@@H]3CC[C@@H](CO[Si](C)(C)C(C)(C)C)OC3)c2CC[C@@H]1C.O=CCc1ccccc1. The molecule has 12 atom stereocenters. The molecule has 7 aromatic carbocycles. The lowest BCUT2D eigenvalue weighted by Crippen LogP contribution is -2.44. The number of aldehydes is 1. The molecule has 147 heavy (non-hydrogen) atoms. The average Bonchev–Trinajstić information content (AvgIpc) is 1.60. The number of rotatable bonds is 20. The summed E-state index contributed by atoms with van der Waals surface area (Å²) in [4.78, 5) is 76.6. The number of anilines is 6. The molecule has 8 aliphatic rings. The van der Waals surface area contributed by atoms with Crippen LogP contribution in [0.25, 0.3) is 22.1 Å². The van der Waals surface area contributed by atoms with E-state index in [1.165, 1.54) is 39.6 Å². The number of amides is 4. The summed E-state index contributed by atoms with van der Waals surface area (Å²) in [5, 5.41) is 10.2. The van der Waals surface area contributed by atoms with Gasteiger partial charge in [-0.1, -0.05) is 159 Å². The molecule has 4 fully saturated rings. The molecule has 0 radical (unpaired) electrons. The summed E-state index contributed by atoms with van der Waals surface area (Å²) in [5.74, 6) is 2.50. The summed E-state index contributed by atoms with van der Waals surface area (Å²) < 4.78 is 68.9. The van der Waals surface area contributed by atoms with Crippen LogP contribution < -0.4 is 36.8 Å². The molecule has 32 heteroatoms. The number of aliphatic hydroxyl groups is 1. The summed E-state index contributed by atoms with van der Waals surface area (Å²) in [6.45, 7) is 47.1. The van der Waals surface area contributed by atoms with Gasteiger partial charge in [0.05, 0.1) is 168 Å². The lowest BCUT2D eigenvalue weighted by Gasteiger charge is -2.38. The van der Waals surface area contributed by atoms with Gasteiger partial charge in [0, 0.05) is 76.3 Å². The number of hydrogen-bond donors (Lipinski definition) is 4. The maximum absolute atomic E-state index is 12.7. The molecule has 7 N–H and O–H groups in total. The number of nitrogens with two attached hydrogens (primary N) is 3. The lowest BCUT2D eigenvalue weighted by atomic mass is 9.88. The number of aryl methyl sites for hydroxylation is 2. The minimum absolute atomic E-state index is 0.0589. The molecule has 2 aromatic heterocycles. The van der Waals surface area contributed by atoms with Crippen molar-refractivity contribution in [3.8, 4) is 0 Å². The van der Waals surface area contributed by atoms with E-state index < -0.39 is 25.0 Å². The summed E-state index contributed by atoms with van der Waals surface area (Å²) in [5.41, 5.74) is 36.7. The Balaban J connectivity index is 0.000000165. The summed E-state index contributed by atoms with van der Waals surface area (Å²) in [7, 11) is 0.518. The molecule has 0 spiro atoms. The van der Waals surface area contributed by atoms with Gasteiger partial charge in [-0.2, -0.15) is 0 Å². The van der Waals surface area contributed by atoms with Crippen molar-refractivity contribution in [3.63, 3.8) is 0 Å². The van der Waals surface area contributed by atoms with E-state index in [0.29, 0.717) is 51.1 Å². The van der Waals surface area contributed by atoms with Crippen molar-refractivity contribution < 1.29 is 80.3 Å². The van der Waals surface area contributed by atoms with E-state index in [1.807, 2.05) is 73.7 Å². The maximum Gasteiger partial charge on any atom is 0.414 e. The number of carbonyl (C=O) groups is 5. The average molecular weight is 2140 g/mol. The van der Waals surface area contributed by atoms with E-state index in [1.54, 1.807) is 19.6 Å². The molecule has 0 unspecified atom stereocenters. The molecule has 28 nitrogen and oxygen atoms in total. The van der Waals surface area contributed by atoms with Crippen LogP contribution in [-0.4, -0.2) is 216 Å². The van der Waals surface area contributed by atoms with Gasteiger partial charge in [0.25, 0.3) is 0 Å². The summed E-state index contributed by atoms with van der Waals surface area (Å²) in [6.07, 6.45) is 18.0. The zero-order chi connectivity index (χ0) is 107. The van der Waals surface area contributed by atoms with Crippen molar-refractivity contribution >= 4 is 128 Å². The standard InChI is InChI=1S/C32H45N3O4Si.C26H31N3O4.C25H42N2O4Si.C12H15BrN2O2.C12H27NO2Si.C8H8O/c1-22-13-16-26-27(34(22)31(36)37-5)17-18-28-30(26)33-29(19-23-11-9-8-10-12-23)35(28)24-14-15-25(38-20-24)21-39-40(6,7)32(2,3)4;1-17-8-11-21-22(28(17)26(31)32-2)12-13-23-25(21)27-24(14-18-6-4-3-5-7-18)29(23)19-9-10-20(15-30)33-16-19;1-17-8-12-21-22(27(17)24(28)29-5)13-10-19(23(21)26)14-18-9-11-20(30-15-18)16-31-32(6,7)25(2,3)4;1-7-3-4-8-10(15(7)12(16)17-2)6-5-9(13)11(8)14;1-12(2,3)16(4,5)15-9-11-7-6-10(13)8-14-11;9-7-6-8-4-2-1-3-5-8/h8-12,17-18,22,24-25H,13-16,19-21H2,1-7H3;3-7,12-13,17,19-20,30H,8-11,14-16H2,1-2H3;10,13,17-18,20H,8-9,11-12,14-16,26H2,1-7H3;5-7H,3-4,14H2,1-2H3;10-11H,6-9,13H2,1-5H3;1-5,7H,6H2/t22-,24+,25-;17-,19+,20-;17-,18-,20-;7-;10-,11+;/m00001./s1. The lowest BCUT2D eigenvalue weighted by molar-refractivity contribution is -0.107. The fraction of sp³-hybridized carbons (Fsp3) is 0.574. The van der Waals surface area contributed by atoms with Crippen LogP contribution in [0.3, 0.4) is 0 Å². The molecule has 10 heterocycles. The largest absolute Gasteiger partial charge is 0.452 e. The van der Waals surface area contributed by atoms with E-state index >= 15 is 0 Å². The van der Waals surface area contributed by atoms with Crippen LogP contribution in [0.5, 0.6) is 0 Å². The Kier molecular flexibility index (Phi) is 40.8. The Hall–Kier alpha value is -9.40. The van der Waals surface area contributed by atoms with E-state index in [4.69, 9.17) is 78.3 Å². The van der Waals surface area contributed by atoms with Gasteiger partial charge < -0.3 is 87.4 Å². The number of carbonyl (C=O) groups excluding carboxylic acids is 5. The van der Waals surface area contributed by atoms with Gasteiger partial charge >= 0.3 is 24.4 Å². The predicted octanol–water partition coefficient (Wildman–Crippen LogP) is 23.9. The Morgan fingerprint density at radius 1 is 0.422 bits per heavy atom. The Morgan fingerprint density at radius 2 is 0.755 bits per heavy atom. The molecule has 17 rings (SSSR count). The second-order valence-corrected chi connectivity index (χ2v) is 60.8. The molecule has 0 saturated carbocycles. The van der Waals surface area contributed by atoms with Crippen LogP contribution in [0, 0.1) is 5.92 Å². The molecule has 804 valence electrons. The quantitative estimate of drug-likeness (QED) is 0.0238. The Labute approximate surface area is 885 Å². The van der Waals surface area contributed by atoms with Crippen molar-refractivity contribution in [1.29, 1.82) is 0 Å². The zero-order valence-electron chi connectivity index (χ0n) is 91.8. The van der Waals surface area contributed by atoms with Crippen LogP contribution in [0.4, 0.5) is 53.3 Å². The number of benzene rings is 7. The molecule has 9 aromatic rings. The summed E-state index contributed by atoms with van der Waals surface area (Å²) in [6, 6.07) is 47.8. The Morgan fingerprint density at radius 3 is 1.10 bits per heavy atom. The minimum atomic E-state index is -1.82. The third-order valence-corrected chi connectivity index (χ3v) is 46.3. The molecule has 8 aliphatic heterocycles. The highest BCUT2D eigenvalue weighted by Gasteiger charge is 2.44. The number of nitrogens with zero attached hydrogens (tertiary/aromatic N) is 8. The number of imidazole rings is 2. The fourth-order valence-electron chi connectivity index (χ4n) is 19.9. The van der Waals surface area contributed by atoms with Gasteiger partial charge in [-0.05, 0) is 283 Å². The smallest absolute Gasteiger partial charge is 0.414 e. The van der Waals surface area contributed by atoms with Crippen molar-refractivity contribution in [1.82, 2.24) is 19.1 Å². The predicted molar refractivity (Wildman–Crippen MR) is 600 cm³/mol. The van der Waals surface area contributed by atoms with Gasteiger partial charge in [-0.3, -0.25) is 19.6 Å². The van der Waals surface area contributed by atoms with Crippen LogP contribution >= 0.6 is 15.9 Å². The topological polar surface area (TPSA) is 334 Å². The van der Waals surface area contributed by atoms with E-state index in [0.717, 1.165) is 242 Å². The molecular weight excluding hydrogens is 1970 g/mol. The van der Waals surface area contributed by atoms with Gasteiger partial charge in [-0.25, -0.2) is 29.1 Å². The Bertz CT molecular complexity index is 5820. The number of ether oxygens (including phenoxy) is 8. The fourth-order valence-corrected chi connectivity index (χ4v) is 23.4. The van der Waals surface area contributed by atoms with Crippen LogP contribution in [0.15, 0.2) is 144 Å². The highest BCUT2D eigenvalue weighted by Crippen LogP contribution is 2.47. The molecule has 4 saturated heterocycles. The number of methoxy groups -OCH3 is 4. The number of nitrogen functional groups attached to an aromatic ring is 2. The molecule has 4 amide bonds. The third kappa shape index (κ3) is 28.9. The van der Waals surface area contributed by atoms with Gasteiger partial charge in [0.1, 0.15) is 17.9 Å².